The average molecular weight is 238 g/mol. The Hall–Kier alpha value is -1.36. The first-order chi connectivity index (χ1) is 8.20. The molecule has 1 fully saturated rings. The number of ether oxygens (including phenoxy) is 1. The fourth-order valence-corrected chi connectivity index (χ4v) is 2.24. The number of amides is 1. The zero-order valence-corrected chi connectivity index (χ0v) is 10.3. The zero-order valence-electron chi connectivity index (χ0n) is 10.3. The zero-order chi connectivity index (χ0) is 12.3. The smallest absolute Gasteiger partial charge is 0.292 e. The molecule has 0 spiro atoms. The normalized spacial score (nSPS) is 20.6. The summed E-state index contributed by atoms with van der Waals surface area (Å²) in [6.45, 7) is 4.05. The summed E-state index contributed by atoms with van der Waals surface area (Å²) in [5.74, 6) is 0.702. The minimum atomic E-state index is -0.0635. The van der Waals surface area contributed by atoms with Crippen molar-refractivity contribution in [3.63, 3.8) is 0 Å². The lowest BCUT2D eigenvalue weighted by Crippen LogP contribution is -2.41. The maximum Gasteiger partial charge on any atom is 0.292 e. The van der Waals surface area contributed by atoms with Crippen molar-refractivity contribution in [2.24, 2.45) is 5.92 Å². The minimum absolute atomic E-state index is 0.0635. The molecule has 1 atom stereocenters. The van der Waals surface area contributed by atoms with Gasteiger partial charge in [0.05, 0.1) is 12.3 Å². The van der Waals surface area contributed by atoms with Crippen LogP contribution in [0.2, 0.25) is 0 Å². The third kappa shape index (κ3) is 2.85. The van der Waals surface area contributed by atoms with E-state index < -0.39 is 0 Å². The van der Waals surface area contributed by atoms with Gasteiger partial charge < -0.3 is 14.2 Å². The molecule has 5 heteroatoms. The molecule has 1 aromatic rings. The van der Waals surface area contributed by atoms with Crippen LogP contribution in [0.1, 0.15) is 29.1 Å². The summed E-state index contributed by atoms with van der Waals surface area (Å²) in [6.07, 6.45) is 2.14. The van der Waals surface area contributed by atoms with Gasteiger partial charge >= 0.3 is 0 Å². The predicted molar refractivity (Wildman–Crippen MR) is 61.7 cm³/mol. The molecule has 0 aliphatic carbocycles. The number of aromatic nitrogens is 1. The lowest BCUT2D eigenvalue weighted by atomic mass is 9.99. The SMILES string of the molecule is COCC1CCCN(C(=O)c2cc(C)no2)C1. The molecule has 1 aliphatic rings. The molecule has 94 valence electrons. The van der Waals surface area contributed by atoms with E-state index in [0.717, 1.165) is 31.6 Å². The average Bonchev–Trinajstić information content (AvgIpc) is 2.76. The number of hydrogen-bond acceptors (Lipinski definition) is 4. The van der Waals surface area contributed by atoms with E-state index in [-0.39, 0.29) is 5.91 Å². The first-order valence-corrected chi connectivity index (χ1v) is 5.92. The van der Waals surface area contributed by atoms with Crippen LogP contribution in [0.15, 0.2) is 10.6 Å². The van der Waals surface area contributed by atoms with E-state index in [0.29, 0.717) is 18.3 Å². The van der Waals surface area contributed by atoms with Crippen LogP contribution in [-0.2, 0) is 4.74 Å². The number of aryl methyl sites for hydroxylation is 1. The number of nitrogens with zero attached hydrogens (tertiary/aromatic N) is 2. The van der Waals surface area contributed by atoms with Gasteiger partial charge in [-0.25, -0.2) is 0 Å². The number of hydrogen-bond donors (Lipinski definition) is 0. The summed E-state index contributed by atoms with van der Waals surface area (Å²) in [5.41, 5.74) is 0.735. The Balaban J connectivity index is 1.99. The molecule has 2 rings (SSSR count). The van der Waals surface area contributed by atoms with Crippen molar-refractivity contribution < 1.29 is 14.1 Å². The van der Waals surface area contributed by atoms with Gasteiger partial charge in [-0.05, 0) is 25.7 Å². The molecule has 1 unspecified atom stereocenters. The quantitative estimate of drug-likeness (QED) is 0.800. The van der Waals surface area contributed by atoms with Crippen LogP contribution >= 0.6 is 0 Å². The molecule has 0 radical (unpaired) electrons. The second-order valence-corrected chi connectivity index (χ2v) is 4.55. The largest absolute Gasteiger partial charge is 0.384 e. The summed E-state index contributed by atoms with van der Waals surface area (Å²) in [6, 6.07) is 1.68. The topological polar surface area (TPSA) is 55.6 Å². The maximum absolute atomic E-state index is 12.1. The molecule has 1 amide bonds. The van der Waals surface area contributed by atoms with E-state index in [1.54, 1.807) is 13.2 Å². The molecule has 1 saturated heterocycles. The predicted octanol–water partition coefficient (Wildman–Crippen LogP) is 1.48. The second kappa shape index (κ2) is 5.31. The minimum Gasteiger partial charge on any atom is -0.384 e. The fourth-order valence-electron chi connectivity index (χ4n) is 2.24. The summed E-state index contributed by atoms with van der Waals surface area (Å²) < 4.78 is 10.1. The number of rotatable bonds is 3. The molecular formula is C12H18N2O3. The highest BCUT2D eigenvalue weighted by atomic mass is 16.5. The monoisotopic (exact) mass is 238 g/mol. The van der Waals surface area contributed by atoms with Crippen LogP contribution < -0.4 is 0 Å². The van der Waals surface area contributed by atoms with Crippen molar-refractivity contribution >= 4 is 5.91 Å². The number of carbonyl (C=O) groups is 1. The Morgan fingerprint density at radius 2 is 2.53 bits per heavy atom. The molecule has 0 saturated carbocycles. The Morgan fingerprint density at radius 1 is 1.71 bits per heavy atom. The summed E-state index contributed by atoms with van der Waals surface area (Å²) >= 11 is 0. The van der Waals surface area contributed by atoms with E-state index >= 15 is 0 Å². The molecule has 17 heavy (non-hydrogen) atoms. The van der Waals surface area contributed by atoms with Gasteiger partial charge in [-0.15, -0.1) is 0 Å². The standard InChI is InChI=1S/C12H18N2O3/c1-9-6-11(17-13-9)12(15)14-5-3-4-10(7-14)8-16-2/h6,10H,3-5,7-8H2,1-2H3. The van der Waals surface area contributed by atoms with Crippen molar-refractivity contribution in [2.45, 2.75) is 19.8 Å². The van der Waals surface area contributed by atoms with E-state index in [4.69, 9.17) is 9.26 Å². The van der Waals surface area contributed by atoms with Crippen molar-refractivity contribution in [2.75, 3.05) is 26.8 Å². The lowest BCUT2D eigenvalue weighted by Gasteiger charge is -2.31. The Labute approximate surface area is 101 Å². The molecule has 0 aromatic carbocycles. The highest BCUT2D eigenvalue weighted by Crippen LogP contribution is 2.19. The molecule has 0 N–H and O–H groups in total. The second-order valence-electron chi connectivity index (χ2n) is 4.55. The summed E-state index contributed by atoms with van der Waals surface area (Å²) in [5, 5.41) is 3.74. The molecule has 5 nitrogen and oxygen atoms in total. The Bertz CT molecular complexity index is 387. The van der Waals surface area contributed by atoms with Gasteiger partial charge in [0.25, 0.3) is 5.91 Å². The van der Waals surface area contributed by atoms with E-state index in [9.17, 15) is 4.79 Å². The number of piperidine rings is 1. The molecule has 1 aromatic heterocycles. The summed E-state index contributed by atoms with van der Waals surface area (Å²) in [7, 11) is 1.70. The first-order valence-electron chi connectivity index (χ1n) is 5.92. The molecular weight excluding hydrogens is 220 g/mol. The molecule has 2 heterocycles. The van der Waals surface area contributed by atoms with E-state index in [1.165, 1.54) is 0 Å². The van der Waals surface area contributed by atoms with Gasteiger partial charge in [0.15, 0.2) is 0 Å². The highest BCUT2D eigenvalue weighted by Gasteiger charge is 2.26. The van der Waals surface area contributed by atoms with E-state index in [1.807, 2.05) is 11.8 Å². The van der Waals surface area contributed by atoms with Gasteiger partial charge in [0.2, 0.25) is 5.76 Å². The summed E-state index contributed by atoms with van der Waals surface area (Å²) in [4.78, 5) is 13.9. The first kappa shape index (κ1) is 12.1. The van der Waals surface area contributed by atoms with Gasteiger partial charge in [-0.2, -0.15) is 0 Å². The van der Waals surface area contributed by atoms with Gasteiger partial charge in [0, 0.05) is 26.3 Å². The van der Waals surface area contributed by atoms with Crippen molar-refractivity contribution in [3.05, 3.63) is 17.5 Å². The maximum atomic E-state index is 12.1. The van der Waals surface area contributed by atoms with Gasteiger partial charge in [0.1, 0.15) is 0 Å². The lowest BCUT2D eigenvalue weighted by molar-refractivity contribution is 0.0535. The highest BCUT2D eigenvalue weighted by molar-refractivity contribution is 5.91. The third-order valence-corrected chi connectivity index (χ3v) is 3.05. The van der Waals surface area contributed by atoms with Crippen molar-refractivity contribution in [1.82, 2.24) is 10.1 Å². The van der Waals surface area contributed by atoms with Crippen LogP contribution in [0.5, 0.6) is 0 Å². The third-order valence-electron chi connectivity index (χ3n) is 3.05. The van der Waals surface area contributed by atoms with Crippen molar-refractivity contribution in [1.29, 1.82) is 0 Å². The Morgan fingerprint density at radius 3 is 3.18 bits per heavy atom. The van der Waals surface area contributed by atoms with Gasteiger partial charge in [-0.1, -0.05) is 5.16 Å². The van der Waals surface area contributed by atoms with Crippen LogP contribution in [0.25, 0.3) is 0 Å². The molecule has 0 bridgehead atoms. The van der Waals surface area contributed by atoms with E-state index in [2.05, 4.69) is 5.16 Å². The number of likely N-dealkylation sites (tertiary alicyclic amines) is 1. The number of carbonyl (C=O) groups excluding carboxylic acids is 1. The Kier molecular flexibility index (Phi) is 3.78. The van der Waals surface area contributed by atoms with Crippen LogP contribution in [-0.4, -0.2) is 42.8 Å². The molecule has 1 aliphatic heterocycles. The van der Waals surface area contributed by atoms with Crippen LogP contribution in [0, 0.1) is 12.8 Å². The van der Waals surface area contributed by atoms with Crippen molar-refractivity contribution in [3.8, 4) is 0 Å². The number of methoxy groups -OCH3 is 1. The fraction of sp³-hybridized carbons (Fsp3) is 0.667. The van der Waals surface area contributed by atoms with Crippen LogP contribution in [0.4, 0.5) is 0 Å². The van der Waals surface area contributed by atoms with Gasteiger partial charge in [-0.3, -0.25) is 4.79 Å². The van der Waals surface area contributed by atoms with Crippen LogP contribution in [0.3, 0.4) is 0 Å².